The van der Waals surface area contributed by atoms with Crippen LogP contribution in [0.5, 0.6) is 0 Å². The zero-order valence-corrected chi connectivity index (χ0v) is 12.8. The topological polar surface area (TPSA) is 75.7 Å². The Hall–Kier alpha value is -2.39. The molecule has 0 amide bonds. The molecule has 2 N–H and O–H groups in total. The van der Waals surface area contributed by atoms with Gasteiger partial charge in [0.1, 0.15) is 11.6 Å². The number of aromatic amines is 2. The minimum absolute atomic E-state index is 0.0409. The molecule has 1 heterocycles. The summed E-state index contributed by atoms with van der Waals surface area (Å²) in [6.07, 6.45) is 0. The van der Waals surface area contributed by atoms with Crippen LogP contribution in [-0.4, -0.2) is 23.1 Å². The number of H-pyrrole nitrogens is 2. The van der Waals surface area contributed by atoms with Gasteiger partial charge in [0.25, 0.3) is 5.56 Å². The summed E-state index contributed by atoms with van der Waals surface area (Å²) in [6.45, 7) is 6.04. The lowest BCUT2D eigenvalue weighted by Crippen LogP contribution is -2.21. The predicted octanol–water partition coefficient (Wildman–Crippen LogP) is 2.82. The van der Waals surface area contributed by atoms with Crippen molar-refractivity contribution in [3.63, 3.8) is 0 Å². The van der Waals surface area contributed by atoms with E-state index in [1.807, 2.05) is 30.3 Å². The summed E-state index contributed by atoms with van der Waals surface area (Å²) in [4.78, 5) is 19.3. The molecule has 0 aliphatic rings. The maximum absolute atomic E-state index is 11.8. The third-order valence-corrected chi connectivity index (χ3v) is 3.54. The smallest absolute Gasteiger partial charge is 0.270 e. The van der Waals surface area contributed by atoms with Crippen molar-refractivity contribution in [2.45, 2.75) is 13.8 Å². The van der Waals surface area contributed by atoms with Crippen molar-refractivity contribution >= 4 is 17.9 Å². The molecule has 0 atom stereocenters. The molecule has 0 bridgehead atoms. The van der Waals surface area contributed by atoms with E-state index in [0.29, 0.717) is 5.69 Å². The van der Waals surface area contributed by atoms with E-state index in [9.17, 15) is 4.79 Å². The van der Waals surface area contributed by atoms with Crippen molar-refractivity contribution in [2.75, 3.05) is 18.0 Å². The van der Waals surface area contributed by atoms with Crippen LogP contribution >= 0.6 is 12.2 Å². The highest BCUT2D eigenvalue weighted by atomic mass is 32.1. The van der Waals surface area contributed by atoms with E-state index in [1.54, 1.807) is 0 Å². The molecule has 0 aliphatic heterocycles. The van der Waals surface area contributed by atoms with Crippen molar-refractivity contribution in [3.05, 3.63) is 45.0 Å². The van der Waals surface area contributed by atoms with Gasteiger partial charge in [0, 0.05) is 18.8 Å². The number of hydrogen-bond donors (Lipinski definition) is 2. The minimum atomic E-state index is -0.468. The average molecular weight is 300 g/mol. The summed E-state index contributed by atoms with van der Waals surface area (Å²) in [5.74, 6) is 0. The minimum Gasteiger partial charge on any atom is -0.372 e. The molecule has 21 heavy (non-hydrogen) atoms. The van der Waals surface area contributed by atoms with E-state index in [2.05, 4.69) is 28.7 Å². The second kappa shape index (κ2) is 6.37. The van der Waals surface area contributed by atoms with Crippen LogP contribution in [0.4, 0.5) is 5.69 Å². The van der Waals surface area contributed by atoms with Gasteiger partial charge in [-0.2, -0.15) is 5.26 Å². The van der Waals surface area contributed by atoms with Crippen LogP contribution in [-0.2, 0) is 0 Å². The molecule has 0 fully saturated rings. The molecule has 0 saturated heterocycles. The Morgan fingerprint density at radius 2 is 1.81 bits per heavy atom. The summed E-state index contributed by atoms with van der Waals surface area (Å²) in [6, 6.07) is 9.63. The Balaban J connectivity index is 2.52. The van der Waals surface area contributed by atoms with Crippen LogP contribution in [0, 0.1) is 16.1 Å². The lowest BCUT2D eigenvalue weighted by atomic mass is 10.1. The van der Waals surface area contributed by atoms with Crippen molar-refractivity contribution in [1.82, 2.24) is 9.97 Å². The van der Waals surface area contributed by atoms with Crippen LogP contribution in [0.1, 0.15) is 19.4 Å². The zero-order chi connectivity index (χ0) is 15.4. The van der Waals surface area contributed by atoms with Crippen molar-refractivity contribution in [1.29, 1.82) is 5.26 Å². The third-order valence-electron chi connectivity index (χ3n) is 3.34. The van der Waals surface area contributed by atoms with Crippen molar-refractivity contribution in [3.8, 4) is 17.3 Å². The van der Waals surface area contributed by atoms with Gasteiger partial charge in [-0.3, -0.25) is 9.78 Å². The largest absolute Gasteiger partial charge is 0.372 e. The molecule has 6 heteroatoms. The van der Waals surface area contributed by atoms with Gasteiger partial charge in [-0.1, -0.05) is 12.1 Å². The molecule has 0 unspecified atom stereocenters. The predicted molar refractivity (Wildman–Crippen MR) is 86.0 cm³/mol. The van der Waals surface area contributed by atoms with E-state index >= 15 is 0 Å². The summed E-state index contributed by atoms with van der Waals surface area (Å²) in [5, 5.41) is 9.14. The number of anilines is 1. The number of benzene rings is 1. The summed E-state index contributed by atoms with van der Waals surface area (Å²) < 4.78 is 0.210. The molecule has 108 valence electrons. The molecule has 1 aromatic carbocycles. The van der Waals surface area contributed by atoms with Gasteiger partial charge in [-0.05, 0) is 43.8 Å². The molecule has 2 rings (SSSR count). The molecule has 0 aliphatic carbocycles. The fraction of sp³-hybridized carbons (Fsp3) is 0.267. The van der Waals surface area contributed by atoms with Gasteiger partial charge in [-0.25, -0.2) is 0 Å². The van der Waals surface area contributed by atoms with E-state index < -0.39 is 5.56 Å². The van der Waals surface area contributed by atoms with Crippen LogP contribution in [0.3, 0.4) is 0 Å². The monoisotopic (exact) mass is 300 g/mol. The van der Waals surface area contributed by atoms with Crippen LogP contribution in [0.2, 0.25) is 0 Å². The van der Waals surface area contributed by atoms with Crippen molar-refractivity contribution < 1.29 is 0 Å². The van der Waals surface area contributed by atoms with Crippen LogP contribution in [0.15, 0.2) is 29.1 Å². The van der Waals surface area contributed by atoms with E-state index in [1.165, 1.54) is 0 Å². The van der Waals surface area contributed by atoms with E-state index in [0.717, 1.165) is 24.3 Å². The number of nitriles is 1. The lowest BCUT2D eigenvalue weighted by Gasteiger charge is -2.21. The van der Waals surface area contributed by atoms with E-state index in [-0.39, 0.29) is 10.3 Å². The fourth-order valence-corrected chi connectivity index (χ4v) is 2.43. The van der Waals surface area contributed by atoms with Gasteiger partial charge in [0.15, 0.2) is 4.77 Å². The molecule has 0 spiro atoms. The Bertz CT molecular complexity index is 779. The lowest BCUT2D eigenvalue weighted by molar-refractivity contribution is 0.866. The average Bonchev–Trinajstić information content (AvgIpc) is 2.48. The number of rotatable bonds is 4. The summed E-state index contributed by atoms with van der Waals surface area (Å²) in [5.41, 5.74) is 1.89. The van der Waals surface area contributed by atoms with Gasteiger partial charge >= 0.3 is 0 Å². The third kappa shape index (κ3) is 3.03. The molecule has 2 aromatic rings. The first-order valence-electron chi connectivity index (χ1n) is 6.72. The number of hydrogen-bond acceptors (Lipinski definition) is 4. The van der Waals surface area contributed by atoms with Crippen LogP contribution < -0.4 is 10.5 Å². The summed E-state index contributed by atoms with van der Waals surface area (Å²) in [7, 11) is 0. The van der Waals surface area contributed by atoms with Crippen LogP contribution in [0.25, 0.3) is 11.3 Å². The Labute approximate surface area is 127 Å². The Morgan fingerprint density at radius 1 is 1.19 bits per heavy atom. The second-order valence-corrected chi connectivity index (χ2v) is 4.90. The quantitative estimate of drug-likeness (QED) is 0.851. The highest BCUT2D eigenvalue weighted by molar-refractivity contribution is 7.71. The SMILES string of the molecule is CCN(CC)c1ccc(-c2[nH]c(=S)[nH]c(=O)c2C#N)cc1. The normalized spacial score (nSPS) is 10.1. The standard InChI is InChI=1S/C15H16N4OS/c1-3-19(4-2)11-7-5-10(6-8-11)13-12(9-16)14(20)18-15(21)17-13/h5-8H,3-4H2,1-2H3,(H2,17,18,20,21). The highest BCUT2D eigenvalue weighted by Gasteiger charge is 2.10. The Morgan fingerprint density at radius 3 is 2.33 bits per heavy atom. The maximum Gasteiger partial charge on any atom is 0.270 e. The summed E-state index contributed by atoms with van der Waals surface area (Å²) >= 11 is 4.97. The van der Waals surface area contributed by atoms with Crippen molar-refractivity contribution in [2.24, 2.45) is 0 Å². The highest BCUT2D eigenvalue weighted by Crippen LogP contribution is 2.22. The van der Waals surface area contributed by atoms with Gasteiger partial charge in [0.05, 0.1) is 5.69 Å². The number of nitrogens with one attached hydrogen (secondary N) is 2. The molecule has 0 saturated carbocycles. The first-order valence-corrected chi connectivity index (χ1v) is 7.13. The Kier molecular flexibility index (Phi) is 4.55. The molecular formula is C15H16N4OS. The van der Waals surface area contributed by atoms with Gasteiger partial charge < -0.3 is 9.88 Å². The molecular weight excluding hydrogens is 284 g/mol. The van der Waals surface area contributed by atoms with Gasteiger partial charge in [0.2, 0.25) is 0 Å². The molecule has 5 nitrogen and oxygen atoms in total. The zero-order valence-electron chi connectivity index (χ0n) is 11.9. The maximum atomic E-state index is 11.8. The molecule has 0 radical (unpaired) electrons. The molecule has 1 aromatic heterocycles. The number of aromatic nitrogens is 2. The first kappa shape index (κ1) is 15.0. The number of nitrogens with zero attached hydrogens (tertiary/aromatic N) is 2. The first-order chi connectivity index (χ1) is 10.1. The van der Waals surface area contributed by atoms with Gasteiger partial charge in [-0.15, -0.1) is 0 Å². The van der Waals surface area contributed by atoms with E-state index in [4.69, 9.17) is 17.5 Å². The fourth-order valence-electron chi connectivity index (χ4n) is 2.24. The second-order valence-electron chi connectivity index (χ2n) is 4.49.